The zero-order chi connectivity index (χ0) is 15.8. The van der Waals surface area contributed by atoms with Gasteiger partial charge >= 0.3 is 5.76 Å². The summed E-state index contributed by atoms with van der Waals surface area (Å²) in [4.78, 5) is 28.2. The molecule has 0 amide bonds. The Morgan fingerprint density at radius 3 is 2.96 bits per heavy atom. The molecule has 0 saturated carbocycles. The van der Waals surface area contributed by atoms with Gasteiger partial charge in [-0.3, -0.25) is 4.79 Å². The molecule has 0 saturated heterocycles. The summed E-state index contributed by atoms with van der Waals surface area (Å²) in [6.07, 6.45) is 1.65. The first kappa shape index (κ1) is 13.7. The second kappa shape index (κ2) is 5.36. The van der Waals surface area contributed by atoms with Gasteiger partial charge in [-0.05, 0) is 17.5 Å². The van der Waals surface area contributed by atoms with Crippen LogP contribution in [0, 0.1) is 0 Å². The van der Waals surface area contributed by atoms with E-state index in [2.05, 4.69) is 10.1 Å². The zero-order valence-corrected chi connectivity index (χ0v) is 12.7. The van der Waals surface area contributed by atoms with E-state index < -0.39 is 5.76 Å². The lowest BCUT2D eigenvalue weighted by Crippen LogP contribution is -2.21. The van der Waals surface area contributed by atoms with Crippen molar-refractivity contribution in [1.82, 2.24) is 14.8 Å². The van der Waals surface area contributed by atoms with Crippen molar-refractivity contribution < 1.29 is 9.21 Å². The number of hydrogen-bond acceptors (Lipinski definition) is 5. The fraction of sp³-hybridized carbons (Fsp3) is 0.0625. The topological polar surface area (TPSA) is 80.9 Å². The van der Waals surface area contributed by atoms with Crippen LogP contribution in [0.2, 0.25) is 0 Å². The molecule has 7 heteroatoms. The van der Waals surface area contributed by atoms with Crippen molar-refractivity contribution >= 4 is 28.0 Å². The summed E-state index contributed by atoms with van der Waals surface area (Å²) in [5.41, 5.74) is 1.41. The predicted octanol–water partition coefficient (Wildman–Crippen LogP) is 2.93. The number of benzene rings is 1. The highest BCUT2D eigenvalue weighted by atomic mass is 32.1. The fourth-order valence-electron chi connectivity index (χ4n) is 2.43. The summed E-state index contributed by atoms with van der Waals surface area (Å²) < 4.78 is 6.17. The molecule has 0 aliphatic rings. The van der Waals surface area contributed by atoms with Gasteiger partial charge in [-0.1, -0.05) is 24.3 Å². The van der Waals surface area contributed by atoms with Crippen LogP contribution in [0.5, 0.6) is 0 Å². The van der Waals surface area contributed by atoms with E-state index in [0.29, 0.717) is 5.56 Å². The van der Waals surface area contributed by atoms with Crippen LogP contribution in [0.15, 0.2) is 57.2 Å². The molecule has 3 heterocycles. The Labute approximate surface area is 134 Å². The average Bonchev–Trinajstić information content (AvgIpc) is 3.27. The minimum atomic E-state index is -0.637. The number of nitrogens with one attached hydrogen (secondary N) is 1. The SMILES string of the molecule is O=C(Cn1nc(-c2cccs2)oc1=O)c1c[nH]c2ccccc12. The number of ketones is 1. The summed E-state index contributed by atoms with van der Waals surface area (Å²) >= 11 is 1.42. The second-order valence-corrected chi connectivity index (χ2v) is 5.93. The Hall–Kier alpha value is -2.93. The lowest BCUT2D eigenvalue weighted by molar-refractivity contribution is 0.0966. The molecule has 0 atom stereocenters. The number of aromatic amines is 1. The Balaban J connectivity index is 1.66. The number of carbonyl (C=O) groups excluding carboxylic acids is 1. The molecule has 0 aliphatic heterocycles. The van der Waals surface area contributed by atoms with Crippen LogP contribution in [0.4, 0.5) is 0 Å². The summed E-state index contributed by atoms with van der Waals surface area (Å²) in [5.74, 6) is -0.603. The Morgan fingerprint density at radius 1 is 1.26 bits per heavy atom. The van der Waals surface area contributed by atoms with Crippen molar-refractivity contribution in [3.8, 4) is 10.8 Å². The van der Waals surface area contributed by atoms with Gasteiger partial charge in [-0.25, -0.2) is 4.79 Å². The highest BCUT2D eigenvalue weighted by molar-refractivity contribution is 7.13. The normalized spacial score (nSPS) is 11.1. The monoisotopic (exact) mass is 325 g/mol. The fourth-order valence-corrected chi connectivity index (χ4v) is 3.07. The van der Waals surface area contributed by atoms with Crippen molar-refractivity contribution in [3.63, 3.8) is 0 Å². The molecule has 114 valence electrons. The largest absolute Gasteiger partial charge is 0.437 e. The van der Waals surface area contributed by atoms with E-state index in [1.807, 2.05) is 41.8 Å². The number of Topliss-reactive ketones (excluding diaryl/α,β-unsaturated/α-hetero) is 1. The molecule has 1 N–H and O–H groups in total. The van der Waals surface area contributed by atoms with Crippen LogP contribution in [0.25, 0.3) is 21.7 Å². The van der Waals surface area contributed by atoms with Gasteiger partial charge in [0.25, 0.3) is 5.89 Å². The molecule has 0 radical (unpaired) electrons. The molecule has 0 spiro atoms. The second-order valence-electron chi connectivity index (χ2n) is 4.98. The summed E-state index contributed by atoms with van der Waals surface area (Å²) in [6, 6.07) is 11.2. The van der Waals surface area contributed by atoms with Gasteiger partial charge in [-0.2, -0.15) is 4.68 Å². The molecule has 4 aromatic rings. The number of thiophene rings is 1. The molecule has 1 aromatic carbocycles. The van der Waals surface area contributed by atoms with Gasteiger partial charge < -0.3 is 9.40 Å². The van der Waals surface area contributed by atoms with Gasteiger partial charge in [0.2, 0.25) is 0 Å². The first-order chi connectivity index (χ1) is 11.2. The molecule has 0 aliphatic carbocycles. The number of fused-ring (bicyclic) bond motifs is 1. The number of hydrogen-bond donors (Lipinski definition) is 1. The lowest BCUT2D eigenvalue weighted by Gasteiger charge is -1.98. The van der Waals surface area contributed by atoms with Gasteiger partial charge in [0, 0.05) is 22.7 Å². The smallest absolute Gasteiger partial charge is 0.387 e. The number of H-pyrrole nitrogens is 1. The standard InChI is InChI=1S/C16H11N3O3S/c20-13(11-8-17-12-5-2-1-4-10(11)12)9-19-16(21)22-15(18-19)14-6-3-7-23-14/h1-8,17H,9H2. The third-order valence-electron chi connectivity index (χ3n) is 3.52. The third kappa shape index (κ3) is 2.40. The van der Waals surface area contributed by atoms with Crippen LogP contribution >= 0.6 is 11.3 Å². The van der Waals surface area contributed by atoms with E-state index in [1.54, 1.807) is 6.20 Å². The molecular weight excluding hydrogens is 314 g/mol. The minimum absolute atomic E-state index is 0.157. The van der Waals surface area contributed by atoms with Crippen LogP contribution in [0.3, 0.4) is 0 Å². The quantitative estimate of drug-likeness (QED) is 0.585. The Bertz CT molecular complexity index is 1040. The van der Waals surface area contributed by atoms with Crippen molar-refractivity contribution in [2.75, 3.05) is 0 Å². The first-order valence-electron chi connectivity index (χ1n) is 6.93. The molecule has 4 rings (SSSR count). The minimum Gasteiger partial charge on any atom is -0.387 e. The van der Waals surface area contributed by atoms with Crippen molar-refractivity contribution in [2.45, 2.75) is 6.54 Å². The third-order valence-corrected chi connectivity index (χ3v) is 4.38. The molecule has 0 unspecified atom stereocenters. The molecule has 0 fully saturated rings. The summed E-state index contributed by atoms with van der Waals surface area (Å²) in [7, 11) is 0. The summed E-state index contributed by atoms with van der Waals surface area (Å²) in [5, 5.41) is 6.79. The van der Waals surface area contributed by atoms with Gasteiger partial charge in [0.05, 0.1) is 4.88 Å². The number of nitrogens with zero attached hydrogens (tertiary/aromatic N) is 2. The van der Waals surface area contributed by atoms with E-state index in [-0.39, 0.29) is 18.2 Å². The highest BCUT2D eigenvalue weighted by Crippen LogP contribution is 2.22. The van der Waals surface area contributed by atoms with Gasteiger partial charge in [0.1, 0.15) is 6.54 Å². The number of rotatable bonds is 4. The zero-order valence-electron chi connectivity index (χ0n) is 11.9. The van der Waals surface area contributed by atoms with Crippen LogP contribution in [-0.4, -0.2) is 20.5 Å². The Morgan fingerprint density at radius 2 is 2.13 bits per heavy atom. The highest BCUT2D eigenvalue weighted by Gasteiger charge is 2.17. The maximum absolute atomic E-state index is 12.5. The molecule has 3 aromatic heterocycles. The lowest BCUT2D eigenvalue weighted by atomic mass is 10.1. The van der Waals surface area contributed by atoms with Crippen LogP contribution < -0.4 is 5.76 Å². The first-order valence-corrected chi connectivity index (χ1v) is 7.81. The number of aromatic nitrogens is 3. The number of carbonyl (C=O) groups is 1. The molecule has 0 bridgehead atoms. The summed E-state index contributed by atoms with van der Waals surface area (Å²) in [6.45, 7) is -0.157. The number of para-hydroxylation sites is 1. The van der Waals surface area contributed by atoms with Gasteiger partial charge in [-0.15, -0.1) is 16.4 Å². The van der Waals surface area contributed by atoms with E-state index in [1.165, 1.54) is 11.3 Å². The van der Waals surface area contributed by atoms with Crippen LogP contribution in [-0.2, 0) is 6.54 Å². The molecule has 23 heavy (non-hydrogen) atoms. The maximum atomic E-state index is 12.5. The van der Waals surface area contributed by atoms with E-state index in [9.17, 15) is 9.59 Å². The van der Waals surface area contributed by atoms with E-state index in [0.717, 1.165) is 20.5 Å². The predicted molar refractivity (Wildman–Crippen MR) is 86.7 cm³/mol. The average molecular weight is 325 g/mol. The molecule has 6 nitrogen and oxygen atoms in total. The van der Waals surface area contributed by atoms with E-state index in [4.69, 9.17) is 4.42 Å². The van der Waals surface area contributed by atoms with Gasteiger partial charge in [0.15, 0.2) is 5.78 Å². The Kier molecular flexibility index (Phi) is 3.20. The van der Waals surface area contributed by atoms with Crippen LogP contribution in [0.1, 0.15) is 10.4 Å². The van der Waals surface area contributed by atoms with Crippen molar-refractivity contribution in [1.29, 1.82) is 0 Å². The maximum Gasteiger partial charge on any atom is 0.437 e. The van der Waals surface area contributed by atoms with E-state index >= 15 is 0 Å². The van der Waals surface area contributed by atoms with Crippen molar-refractivity contribution in [3.05, 3.63) is 64.1 Å². The molecular formula is C16H11N3O3S. The van der Waals surface area contributed by atoms with Crippen molar-refractivity contribution in [2.24, 2.45) is 0 Å².